The maximum atomic E-state index is 12.7. The molecule has 3 fully saturated rings. The van der Waals surface area contributed by atoms with Crippen LogP contribution < -0.4 is 10.1 Å². The van der Waals surface area contributed by atoms with Gasteiger partial charge in [-0.25, -0.2) is 4.79 Å². The number of halogens is 3. The van der Waals surface area contributed by atoms with Crippen molar-refractivity contribution in [2.24, 2.45) is 17.8 Å². The van der Waals surface area contributed by atoms with Gasteiger partial charge in [-0.1, -0.05) is 12.1 Å². The molecule has 3 saturated heterocycles. The molecule has 1 unspecified atom stereocenters. The largest absolute Gasteiger partial charge is 0.573 e. The summed E-state index contributed by atoms with van der Waals surface area (Å²) in [7, 11) is 0. The van der Waals surface area contributed by atoms with Crippen LogP contribution in [0.15, 0.2) is 24.3 Å². The van der Waals surface area contributed by atoms with Crippen LogP contribution in [0.1, 0.15) is 18.4 Å². The van der Waals surface area contributed by atoms with E-state index in [4.69, 9.17) is 4.74 Å². The molecule has 3 amide bonds. The fourth-order valence-electron chi connectivity index (χ4n) is 4.55. The second-order valence-electron chi connectivity index (χ2n) is 8.45. The van der Waals surface area contributed by atoms with Crippen molar-refractivity contribution in [1.29, 1.82) is 0 Å². The van der Waals surface area contributed by atoms with E-state index in [2.05, 4.69) is 10.1 Å². The standard InChI is InChI=1S/C21H24F3N3O5/c22-21(23,24)32-17-4-1-13(2-5-17)12-31-20(30)27-10-15-8-26(9-16(15)11-27)19(29)14-3-6-18(28)25-7-14/h1-2,4-5,14-16H,3,6-12H2,(H,25,28)/t14?,15-,16-/m0/s1. The smallest absolute Gasteiger partial charge is 0.445 e. The fourth-order valence-corrected chi connectivity index (χ4v) is 4.55. The van der Waals surface area contributed by atoms with Crippen molar-refractivity contribution in [2.45, 2.75) is 25.8 Å². The van der Waals surface area contributed by atoms with Gasteiger partial charge in [0.2, 0.25) is 11.8 Å². The normalized spacial score (nSPS) is 25.3. The topological polar surface area (TPSA) is 88.2 Å². The summed E-state index contributed by atoms with van der Waals surface area (Å²) in [6, 6.07) is 5.15. The first-order valence-electron chi connectivity index (χ1n) is 10.5. The number of carbonyl (C=O) groups excluding carboxylic acids is 3. The predicted octanol–water partition coefficient (Wildman–Crippen LogP) is 2.14. The van der Waals surface area contributed by atoms with Crippen LogP contribution in [0.25, 0.3) is 0 Å². The number of likely N-dealkylation sites (tertiary alicyclic amines) is 2. The van der Waals surface area contributed by atoms with Crippen molar-refractivity contribution in [3.63, 3.8) is 0 Å². The molecule has 3 aliphatic rings. The van der Waals surface area contributed by atoms with Crippen LogP contribution in [0.3, 0.4) is 0 Å². The highest BCUT2D eigenvalue weighted by Gasteiger charge is 2.44. The minimum absolute atomic E-state index is 0.0212. The number of hydrogen-bond acceptors (Lipinski definition) is 5. The summed E-state index contributed by atoms with van der Waals surface area (Å²) >= 11 is 0. The third kappa shape index (κ3) is 5.25. The number of fused-ring (bicyclic) bond motifs is 1. The summed E-state index contributed by atoms with van der Waals surface area (Å²) < 4.78 is 45.7. The van der Waals surface area contributed by atoms with Crippen LogP contribution in [0.2, 0.25) is 0 Å². The number of alkyl halides is 3. The van der Waals surface area contributed by atoms with E-state index in [1.54, 1.807) is 4.90 Å². The van der Waals surface area contributed by atoms with Gasteiger partial charge in [-0.15, -0.1) is 13.2 Å². The molecule has 0 aliphatic carbocycles. The third-order valence-electron chi connectivity index (χ3n) is 6.19. The van der Waals surface area contributed by atoms with E-state index in [0.717, 1.165) is 0 Å². The molecule has 0 saturated carbocycles. The fraction of sp³-hybridized carbons (Fsp3) is 0.571. The first-order chi connectivity index (χ1) is 15.2. The molecule has 1 aromatic rings. The van der Waals surface area contributed by atoms with Crippen molar-refractivity contribution < 1.29 is 37.0 Å². The van der Waals surface area contributed by atoms with E-state index in [1.807, 2.05) is 4.90 Å². The number of hydrogen-bond donors (Lipinski definition) is 1. The average Bonchev–Trinajstić information content (AvgIpc) is 3.31. The van der Waals surface area contributed by atoms with Gasteiger partial charge in [-0.2, -0.15) is 0 Å². The highest BCUT2D eigenvalue weighted by atomic mass is 19.4. The molecule has 8 nitrogen and oxygen atoms in total. The summed E-state index contributed by atoms with van der Waals surface area (Å²) in [6.07, 6.45) is -4.30. The Labute approximate surface area is 182 Å². The Bertz CT molecular complexity index is 852. The van der Waals surface area contributed by atoms with E-state index in [1.165, 1.54) is 24.3 Å². The molecule has 11 heteroatoms. The zero-order valence-corrected chi connectivity index (χ0v) is 17.3. The lowest BCUT2D eigenvalue weighted by Crippen LogP contribution is -2.45. The first kappa shape index (κ1) is 22.2. The van der Waals surface area contributed by atoms with Gasteiger partial charge < -0.3 is 24.6 Å². The molecule has 0 aromatic heterocycles. The summed E-state index contributed by atoms with van der Waals surface area (Å²) in [5.74, 6) is -0.110. The Hall–Kier alpha value is -2.98. The quantitative estimate of drug-likeness (QED) is 0.752. The van der Waals surface area contributed by atoms with Gasteiger partial charge in [0.1, 0.15) is 12.4 Å². The Morgan fingerprint density at radius 3 is 2.22 bits per heavy atom. The van der Waals surface area contributed by atoms with E-state index in [0.29, 0.717) is 51.1 Å². The average molecular weight is 455 g/mol. The van der Waals surface area contributed by atoms with Crippen molar-refractivity contribution in [1.82, 2.24) is 15.1 Å². The molecule has 3 aliphatic heterocycles. The van der Waals surface area contributed by atoms with E-state index in [9.17, 15) is 27.6 Å². The summed E-state index contributed by atoms with van der Waals surface area (Å²) in [6.45, 7) is 2.47. The maximum absolute atomic E-state index is 12.7. The molecule has 0 spiro atoms. The van der Waals surface area contributed by atoms with Crippen molar-refractivity contribution >= 4 is 17.9 Å². The highest BCUT2D eigenvalue weighted by molar-refractivity contribution is 5.84. The molecule has 1 N–H and O–H groups in total. The molecule has 1 aromatic carbocycles. The third-order valence-corrected chi connectivity index (χ3v) is 6.19. The predicted molar refractivity (Wildman–Crippen MR) is 104 cm³/mol. The van der Waals surface area contributed by atoms with Crippen molar-refractivity contribution in [3.8, 4) is 5.75 Å². The van der Waals surface area contributed by atoms with Crippen LogP contribution in [0.4, 0.5) is 18.0 Å². The van der Waals surface area contributed by atoms with Crippen LogP contribution in [0, 0.1) is 17.8 Å². The Morgan fingerprint density at radius 1 is 1.03 bits per heavy atom. The Balaban J connectivity index is 1.21. The first-order valence-corrected chi connectivity index (χ1v) is 10.5. The van der Waals surface area contributed by atoms with Gasteiger partial charge in [-0.3, -0.25) is 9.59 Å². The highest BCUT2D eigenvalue weighted by Crippen LogP contribution is 2.33. The number of nitrogens with zero attached hydrogens (tertiary/aromatic N) is 2. The second-order valence-corrected chi connectivity index (χ2v) is 8.45. The zero-order chi connectivity index (χ0) is 22.9. The lowest BCUT2D eigenvalue weighted by Gasteiger charge is -2.27. The SMILES string of the molecule is O=C1CCC(C(=O)N2C[C@H]3CN(C(=O)OCc4ccc(OC(F)(F)F)cc4)C[C@@H]3C2)CN1. The van der Waals surface area contributed by atoms with Crippen molar-refractivity contribution in [2.75, 3.05) is 32.7 Å². The second kappa shape index (κ2) is 8.87. The van der Waals surface area contributed by atoms with Gasteiger partial charge in [0, 0.05) is 51.0 Å². The number of piperidine rings is 1. The Kier molecular flexibility index (Phi) is 6.16. The van der Waals surface area contributed by atoms with E-state index >= 15 is 0 Å². The molecule has 32 heavy (non-hydrogen) atoms. The van der Waals surface area contributed by atoms with Crippen LogP contribution in [-0.2, 0) is 20.9 Å². The van der Waals surface area contributed by atoms with Gasteiger partial charge in [0.25, 0.3) is 0 Å². The lowest BCUT2D eigenvalue weighted by molar-refractivity contribution is -0.274. The lowest BCUT2D eigenvalue weighted by atomic mass is 9.98. The minimum atomic E-state index is -4.76. The molecule has 0 radical (unpaired) electrons. The monoisotopic (exact) mass is 455 g/mol. The number of rotatable bonds is 4. The van der Waals surface area contributed by atoms with Gasteiger partial charge in [-0.05, 0) is 24.1 Å². The van der Waals surface area contributed by atoms with Gasteiger partial charge >= 0.3 is 12.5 Å². The van der Waals surface area contributed by atoms with Crippen molar-refractivity contribution in [3.05, 3.63) is 29.8 Å². The molecular weight excluding hydrogens is 431 g/mol. The Morgan fingerprint density at radius 2 is 1.66 bits per heavy atom. The number of carbonyl (C=O) groups is 3. The van der Waals surface area contributed by atoms with Crippen LogP contribution >= 0.6 is 0 Å². The molecule has 4 rings (SSSR count). The minimum Gasteiger partial charge on any atom is -0.445 e. The number of nitrogens with one attached hydrogen (secondary N) is 1. The number of amides is 3. The van der Waals surface area contributed by atoms with Crippen LogP contribution in [-0.4, -0.2) is 66.8 Å². The summed E-state index contributed by atoms with van der Waals surface area (Å²) in [5, 5.41) is 2.74. The van der Waals surface area contributed by atoms with Crippen LogP contribution in [0.5, 0.6) is 5.75 Å². The maximum Gasteiger partial charge on any atom is 0.573 e. The number of benzene rings is 1. The van der Waals surface area contributed by atoms with E-state index in [-0.39, 0.29) is 41.9 Å². The molecule has 3 heterocycles. The van der Waals surface area contributed by atoms with Gasteiger partial charge in [0.05, 0.1) is 5.92 Å². The number of ether oxygens (including phenoxy) is 2. The molecule has 0 bridgehead atoms. The summed E-state index contributed by atoms with van der Waals surface area (Å²) in [4.78, 5) is 39.9. The zero-order valence-electron chi connectivity index (χ0n) is 17.3. The molecular formula is C21H24F3N3O5. The molecule has 174 valence electrons. The van der Waals surface area contributed by atoms with Gasteiger partial charge in [0.15, 0.2) is 0 Å². The summed E-state index contributed by atoms with van der Waals surface area (Å²) in [5.41, 5.74) is 0.545. The molecule has 3 atom stereocenters. The van der Waals surface area contributed by atoms with E-state index < -0.39 is 12.5 Å².